The van der Waals surface area contributed by atoms with Crippen molar-refractivity contribution in [3.63, 3.8) is 0 Å². The van der Waals surface area contributed by atoms with Gasteiger partial charge in [-0.15, -0.1) is 11.3 Å². The Bertz CT molecular complexity index is 2050. The Morgan fingerprint density at radius 2 is 2.02 bits per heavy atom. The molecule has 3 aromatic heterocycles. The van der Waals surface area contributed by atoms with Crippen molar-refractivity contribution in [2.24, 2.45) is 11.3 Å². The summed E-state index contributed by atoms with van der Waals surface area (Å²) in [6, 6.07) is 9.23. The number of benzene rings is 1. The van der Waals surface area contributed by atoms with Crippen molar-refractivity contribution in [3.8, 4) is 22.5 Å². The summed E-state index contributed by atoms with van der Waals surface area (Å²) in [5, 5.41) is 18.7. The van der Waals surface area contributed by atoms with Crippen LogP contribution in [0.2, 0.25) is 0 Å². The zero-order chi connectivity index (χ0) is 38.4. The van der Waals surface area contributed by atoms with Gasteiger partial charge in [0.25, 0.3) is 5.91 Å². The number of fused-ring (bicyclic) bond motifs is 6. The van der Waals surface area contributed by atoms with Crippen molar-refractivity contribution in [2.45, 2.75) is 84.5 Å². The molecule has 3 amide bonds. The lowest BCUT2D eigenvalue weighted by molar-refractivity contribution is -0.160. The number of carbonyl (C=O) groups is 3. The van der Waals surface area contributed by atoms with E-state index in [1.54, 1.807) is 18.2 Å². The molecule has 7 rings (SSSR count). The first-order chi connectivity index (χ1) is 25.8. The Labute approximate surface area is 320 Å². The molecule has 0 saturated carbocycles. The number of methoxy groups -OCH3 is 1. The van der Waals surface area contributed by atoms with Gasteiger partial charge in [0.1, 0.15) is 6.04 Å². The SMILES string of the molecule is CCn1c(-c2cccnc2[C@H](C)OC)c2c3cc(ccc31)-c1csc(n1)C[C@H](NC(=O)N1CC(C)C1)C(=O)N1CCC[C@@](C(=O)O)(COCC(C)(C)C2)N1. The van der Waals surface area contributed by atoms with Gasteiger partial charge in [-0.2, -0.15) is 0 Å². The molecule has 2 saturated heterocycles. The number of rotatable bonds is 6. The smallest absolute Gasteiger partial charge is 0.328 e. The normalized spacial score (nSPS) is 22.8. The van der Waals surface area contributed by atoms with Crippen LogP contribution in [0.25, 0.3) is 33.4 Å². The van der Waals surface area contributed by atoms with Gasteiger partial charge in [0.2, 0.25) is 0 Å². The van der Waals surface area contributed by atoms with Gasteiger partial charge < -0.3 is 29.4 Å². The molecule has 13 nitrogen and oxygen atoms in total. The number of hydrogen-bond acceptors (Lipinski definition) is 9. The van der Waals surface area contributed by atoms with Crippen LogP contribution in [0.15, 0.2) is 41.9 Å². The summed E-state index contributed by atoms with van der Waals surface area (Å²) >= 11 is 1.44. The van der Waals surface area contributed by atoms with Crippen LogP contribution in [0.1, 0.15) is 69.8 Å². The van der Waals surface area contributed by atoms with E-state index >= 15 is 0 Å². The molecule has 4 aromatic rings. The number of ether oxygens (including phenoxy) is 2. The number of hydrazine groups is 1. The summed E-state index contributed by atoms with van der Waals surface area (Å²) in [7, 11) is 1.69. The monoisotopic (exact) mass is 757 g/mol. The van der Waals surface area contributed by atoms with E-state index in [-0.39, 0.29) is 38.2 Å². The standard InChI is InChI=1S/C40H51N7O6S/c1-7-46-32-12-11-26-16-28(32)29(35(46)27-10-8-14-41-34(27)25(3)52-6)18-39(4,5)22-53-23-40(37(49)50)13-9-15-47(44-40)36(48)30(17-33-42-31(26)21-54-33)43-38(51)45-19-24(2)20-45/h8,10-12,14,16,21,24-25,30,44H,7,9,13,15,17-20,22-23H2,1-6H3,(H,43,51)(H,49,50)/t25-,30-,40-/m0/s1. The molecule has 0 spiro atoms. The molecule has 14 heteroatoms. The van der Waals surface area contributed by atoms with Crippen molar-refractivity contribution < 1.29 is 29.0 Å². The van der Waals surface area contributed by atoms with Gasteiger partial charge in [-0.05, 0) is 74.3 Å². The number of urea groups is 1. The van der Waals surface area contributed by atoms with Gasteiger partial charge in [-0.1, -0.05) is 26.8 Å². The number of hydrogen-bond donors (Lipinski definition) is 3. The molecule has 288 valence electrons. The Balaban J connectivity index is 1.36. The largest absolute Gasteiger partial charge is 0.480 e. The molecule has 3 aliphatic heterocycles. The van der Waals surface area contributed by atoms with Gasteiger partial charge in [-0.3, -0.25) is 19.6 Å². The highest BCUT2D eigenvalue weighted by atomic mass is 32.1. The Morgan fingerprint density at radius 1 is 1.22 bits per heavy atom. The van der Waals surface area contributed by atoms with Crippen molar-refractivity contribution in [1.29, 1.82) is 0 Å². The molecule has 0 radical (unpaired) electrons. The van der Waals surface area contributed by atoms with E-state index in [1.807, 2.05) is 18.4 Å². The first-order valence-electron chi connectivity index (χ1n) is 18.9. The van der Waals surface area contributed by atoms with Crippen molar-refractivity contribution in [1.82, 2.24) is 35.2 Å². The number of carboxylic acid groups (broad SMARTS) is 1. The molecule has 2 fully saturated rings. The summed E-state index contributed by atoms with van der Waals surface area (Å²) in [6.45, 7) is 12.9. The minimum Gasteiger partial charge on any atom is -0.480 e. The van der Waals surface area contributed by atoms with Crippen molar-refractivity contribution in [2.75, 3.05) is 40.0 Å². The zero-order valence-electron chi connectivity index (χ0n) is 32.0. The van der Waals surface area contributed by atoms with E-state index in [0.717, 1.165) is 51.2 Å². The van der Waals surface area contributed by atoms with E-state index in [2.05, 4.69) is 67.3 Å². The van der Waals surface area contributed by atoms with E-state index in [9.17, 15) is 19.5 Å². The first kappa shape index (κ1) is 37.9. The van der Waals surface area contributed by atoms with E-state index in [0.29, 0.717) is 43.4 Å². The average Bonchev–Trinajstić information content (AvgIpc) is 3.73. The van der Waals surface area contributed by atoms with Crippen LogP contribution in [0.4, 0.5) is 4.79 Å². The van der Waals surface area contributed by atoms with Crippen LogP contribution >= 0.6 is 11.3 Å². The fourth-order valence-electron chi connectivity index (χ4n) is 8.08. The van der Waals surface area contributed by atoms with E-state index < -0.39 is 28.9 Å². The fourth-order valence-corrected chi connectivity index (χ4v) is 8.93. The van der Waals surface area contributed by atoms with Gasteiger partial charge in [0.15, 0.2) is 5.54 Å². The lowest BCUT2D eigenvalue weighted by Crippen LogP contribution is -2.68. The summed E-state index contributed by atoms with van der Waals surface area (Å²) < 4.78 is 14.5. The molecule has 0 unspecified atom stereocenters. The molecular formula is C40H51N7O6S. The van der Waals surface area contributed by atoms with Crippen LogP contribution in [0.5, 0.6) is 0 Å². The van der Waals surface area contributed by atoms with Crippen molar-refractivity contribution >= 4 is 40.1 Å². The number of aryl methyl sites for hydroxylation is 1. The number of likely N-dealkylation sites (tertiary alicyclic amines) is 1. The number of nitrogens with zero attached hydrogens (tertiary/aromatic N) is 5. The van der Waals surface area contributed by atoms with E-state index in [4.69, 9.17) is 19.4 Å². The summed E-state index contributed by atoms with van der Waals surface area (Å²) in [6.07, 6.45) is 3.09. The minimum absolute atomic E-state index is 0.139. The highest BCUT2D eigenvalue weighted by Crippen LogP contribution is 2.42. The third-order valence-corrected chi connectivity index (χ3v) is 11.9. The Hall–Kier alpha value is -4.37. The number of nitrogens with one attached hydrogen (secondary N) is 2. The van der Waals surface area contributed by atoms with Crippen LogP contribution in [-0.2, 0) is 38.4 Å². The van der Waals surface area contributed by atoms with Crippen molar-refractivity contribution in [3.05, 3.63) is 58.2 Å². The number of aliphatic carboxylic acids is 1. The molecule has 0 aliphatic carbocycles. The van der Waals surface area contributed by atoms with Crippen LogP contribution in [0.3, 0.4) is 0 Å². The van der Waals surface area contributed by atoms with Gasteiger partial charge in [-0.25, -0.2) is 15.2 Å². The molecular weight excluding hydrogens is 707 g/mol. The molecule has 54 heavy (non-hydrogen) atoms. The third-order valence-electron chi connectivity index (χ3n) is 11.0. The summed E-state index contributed by atoms with van der Waals surface area (Å²) in [5.74, 6) is -1.10. The first-order valence-corrected chi connectivity index (χ1v) is 19.7. The average molecular weight is 758 g/mol. The second-order valence-corrected chi connectivity index (χ2v) is 16.8. The zero-order valence-corrected chi connectivity index (χ0v) is 32.8. The number of carbonyl (C=O) groups excluding carboxylic acids is 2. The summed E-state index contributed by atoms with van der Waals surface area (Å²) in [4.78, 5) is 52.0. The van der Waals surface area contributed by atoms with E-state index in [1.165, 1.54) is 16.3 Å². The van der Waals surface area contributed by atoms with Crippen LogP contribution in [-0.4, -0.2) is 99.0 Å². The molecule has 3 aliphatic rings. The van der Waals surface area contributed by atoms with Gasteiger partial charge in [0.05, 0.1) is 41.4 Å². The topological polar surface area (TPSA) is 151 Å². The predicted molar refractivity (Wildman–Crippen MR) is 207 cm³/mol. The Morgan fingerprint density at radius 3 is 2.74 bits per heavy atom. The second-order valence-electron chi connectivity index (χ2n) is 15.9. The maximum atomic E-state index is 14.2. The lowest BCUT2D eigenvalue weighted by atomic mass is 9.84. The highest BCUT2D eigenvalue weighted by Gasteiger charge is 2.46. The highest BCUT2D eigenvalue weighted by molar-refractivity contribution is 7.10. The number of aromatic nitrogens is 3. The quantitative estimate of drug-likeness (QED) is 0.226. The number of thiazole rings is 1. The number of pyridine rings is 1. The lowest BCUT2D eigenvalue weighted by Gasteiger charge is -2.42. The third kappa shape index (κ3) is 7.24. The van der Waals surface area contributed by atoms with Crippen LogP contribution in [0, 0.1) is 11.3 Å². The fraction of sp³-hybridized carbons (Fsp3) is 0.525. The van der Waals surface area contributed by atoms with Crippen LogP contribution < -0.4 is 10.7 Å². The number of amides is 3. The Kier molecular flexibility index (Phi) is 10.6. The second kappa shape index (κ2) is 15.0. The molecule has 3 atom stereocenters. The molecule has 6 heterocycles. The predicted octanol–water partition coefficient (Wildman–Crippen LogP) is 5.68. The summed E-state index contributed by atoms with van der Waals surface area (Å²) in [5.41, 5.74) is 7.97. The minimum atomic E-state index is -1.52. The van der Waals surface area contributed by atoms with Gasteiger partial charge >= 0.3 is 12.0 Å². The molecule has 6 bridgehead atoms. The van der Waals surface area contributed by atoms with Gasteiger partial charge in [0, 0.05) is 73.3 Å². The molecule has 3 N–H and O–H groups in total. The molecule has 1 aromatic carbocycles. The maximum absolute atomic E-state index is 14.2. The number of carboxylic acids is 1. The maximum Gasteiger partial charge on any atom is 0.328 e.